The average Bonchev–Trinajstić information content (AvgIpc) is 2.61. The van der Waals surface area contributed by atoms with Gasteiger partial charge in [-0.2, -0.15) is 0 Å². The van der Waals surface area contributed by atoms with Crippen molar-refractivity contribution in [1.29, 1.82) is 0 Å². The molecule has 1 aromatic heterocycles. The molecule has 3 heteroatoms. The van der Waals surface area contributed by atoms with E-state index in [0.717, 1.165) is 13.0 Å². The largest absolute Gasteiger partial charge is 0.309 e. The van der Waals surface area contributed by atoms with Crippen molar-refractivity contribution in [2.45, 2.75) is 46.6 Å². The van der Waals surface area contributed by atoms with E-state index in [4.69, 9.17) is 0 Å². The maximum atomic E-state index is 4.66. The Hall–Kier alpha value is -0.410. The fourth-order valence-corrected chi connectivity index (χ4v) is 2.53. The number of thiazole rings is 1. The zero-order chi connectivity index (χ0) is 11.3. The van der Waals surface area contributed by atoms with Crippen LogP contribution in [0.5, 0.6) is 0 Å². The number of aromatic nitrogens is 1. The topological polar surface area (TPSA) is 24.9 Å². The third kappa shape index (κ3) is 4.31. The van der Waals surface area contributed by atoms with Crippen molar-refractivity contribution in [3.63, 3.8) is 0 Å². The number of hydrogen-bond acceptors (Lipinski definition) is 3. The van der Waals surface area contributed by atoms with Gasteiger partial charge in [0.15, 0.2) is 0 Å². The predicted molar refractivity (Wildman–Crippen MR) is 67.4 cm³/mol. The van der Waals surface area contributed by atoms with Gasteiger partial charge < -0.3 is 5.32 Å². The van der Waals surface area contributed by atoms with Crippen LogP contribution >= 0.6 is 11.3 Å². The predicted octanol–water partition coefficient (Wildman–Crippen LogP) is 3.40. The van der Waals surface area contributed by atoms with E-state index >= 15 is 0 Å². The van der Waals surface area contributed by atoms with Crippen molar-refractivity contribution in [3.8, 4) is 0 Å². The smallest absolute Gasteiger partial charge is 0.0931 e. The molecule has 0 bridgehead atoms. The number of nitrogens with zero attached hydrogens (tertiary/aromatic N) is 1. The van der Waals surface area contributed by atoms with Crippen molar-refractivity contribution < 1.29 is 0 Å². The lowest BCUT2D eigenvalue weighted by atomic mass is 10.1. The highest BCUT2D eigenvalue weighted by Crippen LogP contribution is 2.18. The van der Waals surface area contributed by atoms with E-state index in [2.05, 4.69) is 43.4 Å². The van der Waals surface area contributed by atoms with Crippen LogP contribution in [-0.4, -0.2) is 11.5 Å². The van der Waals surface area contributed by atoms with Gasteiger partial charge in [0, 0.05) is 17.8 Å². The maximum Gasteiger partial charge on any atom is 0.0931 e. The molecule has 0 spiro atoms. The molecule has 15 heavy (non-hydrogen) atoms. The van der Waals surface area contributed by atoms with Crippen LogP contribution in [0.2, 0.25) is 0 Å². The quantitative estimate of drug-likeness (QED) is 0.804. The van der Waals surface area contributed by atoms with Gasteiger partial charge in [0.25, 0.3) is 0 Å². The molecule has 0 aromatic carbocycles. The van der Waals surface area contributed by atoms with Crippen LogP contribution in [0.1, 0.15) is 50.9 Å². The molecule has 0 saturated heterocycles. The van der Waals surface area contributed by atoms with E-state index in [1.165, 1.54) is 17.1 Å². The van der Waals surface area contributed by atoms with Crippen LogP contribution in [0, 0.1) is 5.92 Å². The van der Waals surface area contributed by atoms with Crippen molar-refractivity contribution in [3.05, 3.63) is 16.1 Å². The van der Waals surface area contributed by atoms with E-state index in [1.807, 2.05) is 0 Å². The van der Waals surface area contributed by atoms with E-state index in [9.17, 15) is 0 Å². The minimum absolute atomic E-state index is 0.391. The van der Waals surface area contributed by atoms with Crippen LogP contribution in [0.15, 0.2) is 5.38 Å². The fourth-order valence-electron chi connectivity index (χ4n) is 1.43. The molecule has 86 valence electrons. The molecule has 1 aromatic rings. The van der Waals surface area contributed by atoms with Gasteiger partial charge in [-0.1, -0.05) is 20.8 Å². The Morgan fingerprint density at radius 2 is 2.13 bits per heavy atom. The zero-order valence-corrected chi connectivity index (χ0v) is 11.0. The van der Waals surface area contributed by atoms with Gasteiger partial charge in [-0.3, -0.25) is 0 Å². The summed E-state index contributed by atoms with van der Waals surface area (Å²) in [6.45, 7) is 9.91. The SMILES string of the molecule is CCCNC(C)c1csc(CC(C)C)n1. The minimum Gasteiger partial charge on any atom is -0.309 e. The lowest BCUT2D eigenvalue weighted by Gasteiger charge is -2.09. The zero-order valence-electron chi connectivity index (χ0n) is 10.2. The van der Waals surface area contributed by atoms with Crippen molar-refractivity contribution in [1.82, 2.24) is 10.3 Å². The number of rotatable bonds is 6. The first kappa shape index (κ1) is 12.7. The van der Waals surface area contributed by atoms with Crippen LogP contribution in [0.3, 0.4) is 0 Å². The third-order valence-electron chi connectivity index (χ3n) is 2.30. The molecule has 0 saturated carbocycles. The molecule has 1 rings (SSSR count). The number of nitrogens with one attached hydrogen (secondary N) is 1. The van der Waals surface area contributed by atoms with E-state index in [-0.39, 0.29) is 0 Å². The summed E-state index contributed by atoms with van der Waals surface area (Å²) in [6.07, 6.45) is 2.28. The van der Waals surface area contributed by atoms with Crippen molar-refractivity contribution in [2.24, 2.45) is 5.92 Å². The van der Waals surface area contributed by atoms with E-state index < -0.39 is 0 Å². The summed E-state index contributed by atoms with van der Waals surface area (Å²) in [7, 11) is 0. The molecule has 0 fully saturated rings. The number of hydrogen-bond donors (Lipinski definition) is 1. The molecule has 1 N–H and O–H groups in total. The highest BCUT2D eigenvalue weighted by Gasteiger charge is 2.09. The summed E-state index contributed by atoms with van der Waals surface area (Å²) < 4.78 is 0. The van der Waals surface area contributed by atoms with E-state index in [1.54, 1.807) is 11.3 Å². The molecule has 0 radical (unpaired) electrons. The summed E-state index contributed by atoms with van der Waals surface area (Å²) >= 11 is 1.79. The molecule has 1 heterocycles. The molecule has 1 atom stereocenters. The monoisotopic (exact) mass is 226 g/mol. The van der Waals surface area contributed by atoms with Gasteiger partial charge in [0.05, 0.1) is 10.7 Å². The second-order valence-corrected chi connectivity index (χ2v) is 5.38. The van der Waals surface area contributed by atoms with Crippen LogP contribution in [0.4, 0.5) is 0 Å². The summed E-state index contributed by atoms with van der Waals surface area (Å²) in [5.74, 6) is 0.697. The first-order chi connectivity index (χ1) is 7.13. The highest BCUT2D eigenvalue weighted by molar-refractivity contribution is 7.09. The minimum atomic E-state index is 0.391. The maximum absolute atomic E-state index is 4.66. The molecular formula is C12H22N2S. The van der Waals surface area contributed by atoms with Gasteiger partial charge in [-0.05, 0) is 25.8 Å². The Labute approximate surface area is 97.1 Å². The standard InChI is InChI=1S/C12H22N2S/c1-5-6-13-10(4)11-8-15-12(14-11)7-9(2)3/h8-10,13H,5-7H2,1-4H3. The Kier molecular flexibility index (Phi) is 5.26. The fraction of sp³-hybridized carbons (Fsp3) is 0.750. The Morgan fingerprint density at radius 3 is 2.73 bits per heavy atom. The van der Waals surface area contributed by atoms with Crippen molar-refractivity contribution in [2.75, 3.05) is 6.54 Å². The molecule has 2 nitrogen and oxygen atoms in total. The lowest BCUT2D eigenvalue weighted by Crippen LogP contribution is -2.19. The van der Waals surface area contributed by atoms with Crippen molar-refractivity contribution >= 4 is 11.3 Å². The first-order valence-corrected chi connectivity index (χ1v) is 6.69. The van der Waals surface area contributed by atoms with Crippen LogP contribution in [0.25, 0.3) is 0 Å². The van der Waals surface area contributed by atoms with Gasteiger partial charge in [0.1, 0.15) is 0 Å². The third-order valence-corrected chi connectivity index (χ3v) is 3.19. The molecule has 1 unspecified atom stereocenters. The Morgan fingerprint density at radius 1 is 1.40 bits per heavy atom. The summed E-state index contributed by atoms with van der Waals surface area (Å²) in [6, 6.07) is 0.391. The lowest BCUT2D eigenvalue weighted by molar-refractivity contribution is 0.557. The molecule has 0 amide bonds. The highest BCUT2D eigenvalue weighted by atomic mass is 32.1. The van der Waals surface area contributed by atoms with E-state index in [0.29, 0.717) is 12.0 Å². The Balaban J connectivity index is 2.51. The first-order valence-electron chi connectivity index (χ1n) is 5.81. The second kappa shape index (κ2) is 6.23. The summed E-state index contributed by atoms with van der Waals surface area (Å²) in [5, 5.41) is 6.91. The van der Waals surface area contributed by atoms with Gasteiger partial charge in [-0.25, -0.2) is 4.98 Å². The molecule has 0 aliphatic heterocycles. The van der Waals surface area contributed by atoms with Crippen LogP contribution < -0.4 is 5.32 Å². The Bertz CT molecular complexity index is 281. The summed E-state index contributed by atoms with van der Waals surface area (Å²) in [5.41, 5.74) is 1.20. The molecule has 0 aliphatic carbocycles. The normalized spacial score (nSPS) is 13.4. The van der Waals surface area contributed by atoms with Gasteiger partial charge in [0.2, 0.25) is 0 Å². The molecule has 0 aliphatic rings. The molecular weight excluding hydrogens is 204 g/mol. The van der Waals surface area contributed by atoms with Crippen LogP contribution in [-0.2, 0) is 6.42 Å². The second-order valence-electron chi connectivity index (χ2n) is 4.44. The van der Waals surface area contributed by atoms with Gasteiger partial charge in [-0.15, -0.1) is 11.3 Å². The summed E-state index contributed by atoms with van der Waals surface area (Å²) in [4.78, 5) is 4.66. The average molecular weight is 226 g/mol. The van der Waals surface area contributed by atoms with Gasteiger partial charge >= 0.3 is 0 Å².